The largest absolute Gasteiger partial charge is 0.472 e. The van der Waals surface area contributed by atoms with Crippen LogP contribution in [0.2, 0.25) is 0 Å². The SMILES string of the molecule is [2H]C([2H])([2H])C([2H])([2H])C([2H])([2H])C([2H])([2H])C([2H])([2H])C([2H])([2H])C([2H])([2H])C([2H])([2H])C([2H])([2H])C([2H])([2H])C([2H])([2H])C([2H])([2H])C([2H])([2H])C([2H])([2H])C([2H])([2H])C(=O)O[C@H](COC(=O)CCCCCCCCCCCCCCC)COP(=O)(O)OCCNC(=O)[C@H](C)NC(=O)CC[C@@H](NC(=O)[C@H](C)NC(=O)[C@@H](C)O[C@H]1[C@H](O)[C@@H](CO)OC(O)[C@@H]1NC(C)=O)C(N)=O. The van der Waals surface area contributed by atoms with Gasteiger partial charge in [-0.2, -0.15) is 0 Å². The maximum Gasteiger partial charge on any atom is 0.472 e. The molecule has 2 unspecified atom stereocenters. The molecule has 0 aromatic rings. The van der Waals surface area contributed by atoms with E-state index < -0.39 is 258 Å². The topological polar surface area (TPSA) is 376 Å². The van der Waals surface area contributed by atoms with Crippen molar-refractivity contribution in [3.63, 3.8) is 0 Å². The number of unbranched alkanes of at least 4 members (excludes halogenated alkanes) is 12. The Kier molecular flexibility index (Phi) is 23.0. The lowest BCUT2D eigenvalue weighted by Crippen LogP contribution is -2.65. The third-order valence-electron chi connectivity index (χ3n) is 12.0. The number of carbonyl (C=O) groups excluding carboxylic acids is 8. The standard InChI is InChI=1S/C59H109N6O19P/c1-7-9-11-13-15-17-19-21-23-25-27-29-31-33-50(69)79-40-46(83-51(70)34-32-30-28-26-24-22-20-18-16-14-12-10-8-2)41-81-85(77,78)80-38-37-61-56(73)42(3)62-49(68)36-35-47(55(60)72)65-57(74)43(4)63-58(75)44(5)82-54-52(64-45(6)67)59(76)84-48(39-66)53(54)71/h42-44,46-48,52-54,59,66,71,76H,7-41H2,1-6H3,(H2,60,72)(H,61,73)(H,62,68)(H,63,75)(H,64,67)(H,65,74)(H,77,78)/t42-,43-,44+,46+,47+,48+,52+,53+,54+,59?/m0/s1/i2D3,8D2,10D2,12D2,14D2,16D2,18D2,20D2,22D2,24D2,26D2,28D2,30D2,32D2,34D2. The van der Waals surface area contributed by atoms with E-state index in [4.69, 9.17) is 76.2 Å². The molecule has 25 nitrogen and oxygen atoms in total. The van der Waals surface area contributed by atoms with Crippen LogP contribution in [0.4, 0.5) is 0 Å². The lowest BCUT2D eigenvalue weighted by atomic mass is 9.96. The number of phosphoric acid groups is 1. The van der Waals surface area contributed by atoms with E-state index in [1.165, 1.54) is 26.7 Å². The first-order valence-corrected chi connectivity index (χ1v) is 29.2. The van der Waals surface area contributed by atoms with Gasteiger partial charge in [0.05, 0.1) is 19.8 Å². The molecule has 1 heterocycles. The zero-order valence-corrected chi connectivity index (χ0v) is 49.5. The van der Waals surface area contributed by atoms with Crippen LogP contribution in [0, 0.1) is 0 Å². The second-order valence-corrected chi connectivity index (χ2v) is 20.5. The number of hydrogen-bond acceptors (Lipinski definition) is 18. The molecule has 0 aromatic heterocycles. The molecule has 6 amide bonds. The number of aliphatic hydroxyl groups is 3. The minimum Gasteiger partial charge on any atom is -0.462 e. The Morgan fingerprint density at radius 3 is 1.80 bits per heavy atom. The van der Waals surface area contributed by atoms with Crippen molar-refractivity contribution < 1.29 is 134 Å². The van der Waals surface area contributed by atoms with Crippen LogP contribution < -0.4 is 32.3 Å². The van der Waals surface area contributed by atoms with Gasteiger partial charge in [-0.1, -0.05) is 167 Å². The molecule has 85 heavy (non-hydrogen) atoms. The van der Waals surface area contributed by atoms with Crippen molar-refractivity contribution in [3.05, 3.63) is 0 Å². The van der Waals surface area contributed by atoms with Crippen molar-refractivity contribution in [2.75, 3.05) is 33.0 Å². The average molecular weight is 1270 g/mol. The monoisotopic (exact) mass is 1270 g/mol. The molecule has 0 bridgehead atoms. The third-order valence-corrected chi connectivity index (χ3v) is 13.0. The lowest BCUT2D eigenvalue weighted by Gasteiger charge is -2.43. The molecule has 26 heteroatoms. The second kappa shape index (κ2) is 47.7. The fourth-order valence-corrected chi connectivity index (χ4v) is 8.29. The number of nitrogens with two attached hydrogens (primary N) is 1. The summed E-state index contributed by atoms with van der Waals surface area (Å²) in [5, 5.41) is 42.0. The highest BCUT2D eigenvalue weighted by molar-refractivity contribution is 7.47. The van der Waals surface area contributed by atoms with Gasteiger partial charge < -0.3 is 71.5 Å². The number of esters is 2. The number of amides is 6. The van der Waals surface area contributed by atoms with E-state index in [0.29, 0.717) is 12.8 Å². The number of rotatable bonds is 52. The second-order valence-electron chi connectivity index (χ2n) is 19.1. The highest BCUT2D eigenvalue weighted by atomic mass is 31.2. The van der Waals surface area contributed by atoms with Crippen LogP contribution >= 0.6 is 7.82 Å². The van der Waals surface area contributed by atoms with Crippen LogP contribution in [0.1, 0.15) is 276 Å². The third kappa shape index (κ3) is 38.5. The Morgan fingerprint density at radius 2 is 1.25 bits per heavy atom. The zero-order chi connectivity index (χ0) is 91.0. The molecule has 1 rings (SSSR count). The van der Waals surface area contributed by atoms with Gasteiger partial charge >= 0.3 is 19.8 Å². The van der Waals surface area contributed by atoms with Crippen molar-refractivity contribution >= 4 is 55.2 Å². The van der Waals surface area contributed by atoms with Crippen molar-refractivity contribution in [2.24, 2.45) is 5.73 Å². The number of aliphatic hydroxyl groups excluding tert-OH is 3. The van der Waals surface area contributed by atoms with E-state index in [9.17, 15) is 63.1 Å². The van der Waals surface area contributed by atoms with Gasteiger partial charge in [-0.05, 0) is 40.0 Å². The molecule has 11 atom stereocenters. The van der Waals surface area contributed by atoms with Crippen LogP contribution in [0.3, 0.4) is 0 Å². The molecule has 11 N–H and O–H groups in total. The van der Waals surface area contributed by atoms with E-state index >= 15 is 0 Å². The molecule has 0 aliphatic carbocycles. The number of phosphoric ester groups is 1. The van der Waals surface area contributed by atoms with Gasteiger partial charge in [0.2, 0.25) is 35.4 Å². The number of ether oxygens (including phenoxy) is 4. The van der Waals surface area contributed by atoms with Crippen LogP contribution in [-0.2, 0) is 70.9 Å². The van der Waals surface area contributed by atoms with Gasteiger partial charge in [-0.15, -0.1) is 0 Å². The molecule has 1 fully saturated rings. The molecule has 0 radical (unpaired) electrons. The quantitative estimate of drug-likeness (QED) is 0.0196. The molecular formula is C59H109N6O19P. The smallest absolute Gasteiger partial charge is 0.462 e. The van der Waals surface area contributed by atoms with E-state index in [2.05, 4.69) is 33.5 Å². The summed E-state index contributed by atoms with van der Waals surface area (Å²) in [7, 11) is -5.52. The van der Waals surface area contributed by atoms with Gasteiger partial charge in [0.25, 0.3) is 0 Å². The Labute approximate surface area is 548 Å². The molecule has 1 saturated heterocycles. The molecule has 0 aromatic carbocycles. The van der Waals surface area contributed by atoms with E-state index in [-0.39, 0.29) is 12.8 Å². The van der Waals surface area contributed by atoms with Crippen LogP contribution in [-0.4, -0.2) is 162 Å². The first kappa shape index (κ1) is 41.1. The predicted molar refractivity (Wildman–Crippen MR) is 318 cm³/mol. The van der Waals surface area contributed by atoms with E-state index in [1.54, 1.807) is 0 Å². The molecule has 0 spiro atoms. The summed E-state index contributed by atoms with van der Waals surface area (Å²) in [6.07, 6.45) is -71.2. The van der Waals surface area contributed by atoms with Gasteiger partial charge in [0.1, 0.15) is 55.2 Å². The lowest BCUT2D eigenvalue weighted by molar-refractivity contribution is -0.266. The predicted octanol–water partition coefficient (Wildman–Crippen LogP) is 5.76. The van der Waals surface area contributed by atoms with Crippen LogP contribution in [0.15, 0.2) is 0 Å². The minimum absolute atomic E-state index is 0.203. The first-order valence-electron chi connectivity index (χ1n) is 43.2. The van der Waals surface area contributed by atoms with Crippen molar-refractivity contribution in [1.82, 2.24) is 26.6 Å². The zero-order valence-electron chi connectivity index (χ0n) is 79.6. The highest BCUT2D eigenvalue weighted by Gasteiger charge is 2.47. The normalized spacial score (nSPS) is 27.2. The highest BCUT2D eigenvalue weighted by Crippen LogP contribution is 2.43. The van der Waals surface area contributed by atoms with Crippen molar-refractivity contribution in [2.45, 2.75) is 294 Å². The first-order chi connectivity index (χ1) is 52.2. The summed E-state index contributed by atoms with van der Waals surface area (Å²) in [6.45, 7) is -2.78. The Morgan fingerprint density at radius 1 is 0.694 bits per heavy atom. The molecule has 0 saturated carbocycles. The van der Waals surface area contributed by atoms with Gasteiger partial charge in [-0.3, -0.25) is 47.4 Å². The maximum absolute atomic E-state index is 13.9. The molecule has 494 valence electrons. The van der Waals surface area contributed by atoms with E-state index in [0.717, 1.165) is 65.2 Å². The summed E-state index contributed by atoms with van der Waals surface area (Å²) >= 11 is 0. The molecular weight excluding hydrogens is 1130 g/mol. The van der Waals surface area contributed by atoms with Crippen LogP contribution in [0.25, 0.3) is 0 Å². The summed E-state index contributed by atoms with van der Waals surface area (Å²) in [4.78, 5) is 114. The number of carbonyl (C=O) groups is 8. The number of hydrogen-bond donors (Lipinski definition) is 10. The fraction of sp³-hybridized carbons (Fsp3) is 0.864. The van der Waals surface area contributed by atoms with Crippen molar-refractivity contribution in [1.29, 1.82) is 0 Å². The Balaban J connectivity index is 3.44. The van der Waals surface area contributed by atoms with Gasteiger partial charge in [-0.25, -0.2) is 4.57 Å². The maximum atomic E-state index is 13.9. The summed E-state index contributed by atoms with van der Waals surface area (Å²) < 4.78 is 301. The average Bonchev–Trinajstić information content (AvgIpc) is 0.678. The Hall–Kier alpha value is -4.33. The minimum atomic E-state index is -5.52. The van der Waals surface area contributed by atoms with Crippen LogP contribution in [0.5, 0.6) is 0 Å². The van der Waals surface area contributed by atoms with E-state index in [1.807, 2.05) is 0 Å². The Bertz CT molecular complexity index is 3340. The van der Waals surface area contributed by atoms with Crippen molar-refractivity contribution in [3.8, 4) is 0 Å². The fourth-order valence-electron chi connectivity index (χ4n) is 7.54. The van der Waals surface area contributed by atoms with Gasteiger partial charge in [0, 0.05) is 75.2 Å². The summed E-state index contributed by atoms with van der Waals surface area (Å²) in [5.74, 6) is -9.52. The molecule has 1 aliphatic rings. The number of nitrogens with one attached hydrogen (secondary N) is 5. The van der Waals surface area contributed by atoms with Gasteiger partial charge in [0.15, 0.2) is 12.4 Å². The summed E-state index contributed by atoms with van der Waals surface area (Å²) in [5.41, 5.74) is 5.45. The molecule has 1 aliphatic heterocycles. The summed E-state index contributed by atoms with van der Waals surface area (Å²) in [6, 6.07) is -5.88. The number of primary amides is 1.